The van der Waals surface area contributed by atoms with Crippen LogP contribution in [0.1, 0.15) is 19.3 Å². The van der Waals surface area contributed by atoms with Gasteiger partial charge in [-0.25, -0.2) is 4.98 Å². The van der Waals surface area contributed by atoms with Crippen LogP contribution in [0.5, 0.6) is 17.2 Å². The lowest BCUT2D eigenvalue weighted by Crippen LogP contribution is -2.38. The van der Waals surface area contributed by atoms with Crippen LogP contribution in [0, 0.1) is 5.92 Å². The normalized spacial score (nSPS) is 19.9. The van der Waals surface area contributed by atoms with Gasteiger partial charge in [-0.3, -0.25) is 4.68 Å². The number of ether oxygens (including phenoxy) is 3. The molecule has 4 rings (SSSR count). The molecule has 0 saturated carbocycles. The smallest absolute Gasteiger partial charge is 0.231 e. The minimum Gasteiger partial charge on any atom is -0.493 e. The van der Waals surface area contributed by atoms with Gasteiger partial charge in [0, 0.05) is 25.7 Å². The maximum atomic E-state index is 5.85. The molecule has 1 aromatic heterocycles. The van der Waals surface area contributed by atoms with E-state index in [4.69, 9.17) is 14.2 Å². The van der Waals surface area contributed by atoms with Gasteiger partial charge in [0.05, 0.1) is 6.61 Å². The summed E-state index contributed by atoms with van der Waals surface area (Å²) in [5, 5.41) is 4.22. The lowest BCUT2D eigenvalue weighted by Gasteiger charge is -2.32. The third-order valence-corrected chi connectivity index (χ3v) is 4.75. The molecule has 25 heavy (non-hydrogen) atoms. The van der Waals surface area contributed by atoms with E-state index in [-0.39, 0.29) is 0 Å². The summed E-state index contributed by atoms with van der Waals surface area (Å²) < 4.78 is 18.5. The number of likely N-dealkylation sites (tertiary alicyclic amines) is 1. The van der Waals surface area contributed by atoms with Gasteiger partial charge in [0.25, 0.3) is 0 Å². The highest BCUT2D eigenvalue weighted by molar-refractivity contribution is 5.46. The maximum absolute atomic E-state index is 5.85. The van der Waals surface area contributed by atoms with Crippen molar-refractivity contribution in [1.82, 2.24) is 19.7 Å². The first-order chi connectivity index (χ1) is 12.4. The van der Waals surface area contributed by atoms with Gasteiger partial charge in [-0.1, -0.05) is 0 Å². The van der Waals surface area contributed by atoms with Gasteiger partial charge in [0.1, 0.15) is 18.4 Å². The van der Waals surface area contributed by atoms with Crippen LogP contribution >= 0.6 is 0 Å². The minimum atomic E-state index is 0.295. The average molecular weight is 344 g/mol. The Bertz CT molecular complexity index is 677. The molecule has 134 valence electrons. The fourth-order valence-electron chi connectivity index (χ4n) is 3.54. The zero-order valence-corrected chi connectivity index (χ0v) is 14.3. The minimum absolute atomic E-state index is 0.295. The molecule has 0 bridgehead atoms. The molecule has 0 aliphatic carbocycles. The molecule has 3 heterocycles. The molecule has 2 aromatic rings. The second kappa shape index (κ2) is 7.74. The zero-order chi connectivity index (χ0) is 16.9. The van der Waals surface area contributed by atoms with E-state index in [0.717, 1.165) is 43.3 Å². The summed E-state index contributed by atoms with van der Waals surface area (Å²) in [4.78, 5) is 6.56. The Hall–Kier alpha value is -2.28. The topological polar surface area (TPSA) is 61.6 Å². The molecule has 0 unspecified atom stereocenters. The quantitative estimate of drug-likeness (QED) is 0.718. The molecule has 7 heteroatoms. The van der Waals surface area contributed by atoms with Crippen LogP contribution in [0.4, 0.5) is 0 Å². The second-order valence-corrected chi connectivity index (χ2v) is 6.64. The van der Waals surface area contributed by atoms with Crippen molar-refractivity contribution in [1.29, 1.82) is 0 Å². The van der Waals surface area contributed by atoms with E-state index in [2.05, 4.69) is 15.0 Å². The number of aromatic nitrogens is 3. The maximum Gasteiger partial charge on any atom is 0.231 e. The van der Waals surface area contributed by atoms with Crippen LogP contribution in [0.2, 0.25) is 0 Å². The summed E-state index contributed by atoms with van der Waals surface area (Å²) >= 11 is 0. The molecule has 1 fully saturated rings. The van der Waals surface area contributed by atoms with Crippen LogP contribution in [-0.4, -0.2) is 52.7 Å². The van der Waals surface area contributed by atoms with Crippen LogP contribution < -0.4 is 14.2 Å². The standard InChI is InChI=1S/C18H24N4O3/c1-3-15(11-22-13-19-12-20-22)10-21(6-1)7-2-8-23-16-4-5-17-18(9-16)25-14-24-17/h4-5,9,12-13,15H,1-3,6-8,10-11,14H2/t15-/m0/s1. The van der Waals surface area contributed by atoms with E-state index in [1.165, 1.54) is 19.4 Å². The van der Waals surface area contributed by atoms with E-state index < -0.39 is 0 Å². The van der Waals surface area contributed by atoms with Crippen molar-refractivity contribution < 1.29 is 14.2 Å². The highest BCUT2D eigenvalue weighted by atomic mass is 16.7. The Kier molecular flexibility index (Phi) is 5.01. The molecule has 7 nitrogen and oxygen atoms in total. The molecule has 1 aromatic carbocycles. The molecular weight excluding hydrogens is 320 g/mol. The monoisotopic (exact) mass is 344 g/mol. The van der Waals surface area contributed by atoms with Crippen LogP contribution in [0.25, 0.3) is 0 Å². The highest BCUT2D eigenvalue weighted by Gasteiger charge is 2.20. The fourth-order valence-corrected chi connectivity index (χ4v) is 3.54. The largest absolute Gasteiger partial charge is 0.493 e. The van der Waals surface area contributed by atoms with Crippen molar-refractivity contribution in [3.8, 4) is 17.2 Å². The van der Waals surface area contributed by atoms with E-state index in [1.54, 1.807) is 12.7 Å². The van der Waals surface area contributed by atoms with Crippen molar-refractivity contribution >= 4 is 0 Å². The van der Waals surface area contributed by atoms with Crippen LogP contribution in [0.3, 0.4) is 0 Å². The Balaban J connectivity index is 1.18. The zero-order valence-electron chi connectivity index (χ0n) is 14.3. The van der Waals surface area contributed by atoms with Crippen molar-refractivity contribution in [3.05, 3.63) is 30.9 Å². The van der Waals surface area contributed by atoms with E-state index in [1.807, 2.05) is 22.9 Å². The molecule has 0 N–H and O–H groups in total. The lowest BCUT2D eigenvalue weighted by atomic mass is 9.98. The first-order valence-electron chi connectivity index (χ1n) is 8.94. The summed E-state index contributed by atoms with van der Waals surface area (Å²) in [5.74, 6) is 3.06. The van der Waals surface area contributed by atoms with Crippen molar-refractivity contribution in [2.75, 3.05) is 33.0 Å². The summed E-state index contributed by atoms with van der Waals surface area (Å²) in [7, 11) is 0. The number of benzene rings is 1. The van der Waals surface area contributed by atoms with Crippen molar-refractivity contribution in [3.63, 3.8) is 0 Å². The van der Waals surface area contributed by atoms with Crippen molar-refractivity contribution in [2.24, 2.45) is 5.92 Å². The molecule has 2 aliphatic heterocycles. The van der Waals surface area contributed by atoms with Gasteiger partial charge in [-0.2, -0.15) is 5.10 Å². The van der Waals surface area contributed by atoms with Crippen molar-refractivity contribution in [2.45, 2.75) is 25.8 Å². The summed E-state index contributed by atoms with van der Waals surface area (Å²) in [6, 6.07) is 5.73. The Labute approximate surface area is 147 Å². The summed E-state index contributed by atoms with van der Waals surface area (Å²) in [5.41, 5.74) is 0. The number of hydrogen-bond donors (Lipinski definition) is 0. The second-order valence-electron chi connectivity index (χ2n) is 6.64. The number of nitrogens with zero attached hydrogens (tertiary/aromatic N) is 4. The summed E-state index contributed by atoms with van der Waals surface area (Å²) in [6.45, 7) is 5.35. The summed E-state index contributed by atoms with van der Waals surface area (Å²) in [6.07, 6.45) is 6.95. The fraction of sp³-hybridized carbons (Fsp3) is 0.556. The van der Waals surface area contributed by atoms with Gasteiger partial charge >= 0.3 is 0 Å². The Morgan fingerprint density at radius 1 is 1.24 bits per heavy atom. The average Bonchev–Trinajstić information content (AvgIpc) is 3.30. The van der Waals surface area contributed by atoms with Crippen LogP contribution in [0.15, 0.2) is 30.9 Å². The van der Waals surface area contributed by atoms with Gasteiger partial charge in [0.15, 0.2) is 11.5 Å². The van der Waals surface area contributed by atoms with Gasteiger partial charge < -0.3 is 19.1 Å². The van der Waals surface area contributed by atoms with Gasteiger partial charge in [-0.15, -0.1) is 0 Å². The first kappa shape index (κ1) is 16.2. The highest BCUT2D eigenvalue weighted by Crippen LogP contribution is 2.35. The third kappa shape index (κ3) is 4.22. The Morgan fingerprint density at radius 3 is 3.12 bits per heavy atom. The first-order valence-corrected chi connectivity index (χ1v) is 8.94. The van der Waals surface area contributed by atoms with Gasteiger partial charge in [-0.05, 0) is 43.9 Å². The SMILES string of the molecule is c1ncn(C[C@H]2CCCN(CCCOc3ccc4c(c3)OCO4)C2)n1. The molecule has 1 saturated heterocycles. The predicted octanol–water partition coefficient (Wildman–Crippen LogP) is 2.19. The lowest BCUT2D eigenvalue weighted by molar-refractivity contribution is 0.149. The third-order valence-electron chi connectivity index (χ3n) is 4.75. The number of rotatable bonds is 7. The van der Waals surface area contributed by atoms with E-state index in [0.29, 0.717) is 19.3 Å². The van der Waals surface area contributed by atoms with Gasteiger partial charge in [0.2, 0.25) is 6.79 Å². The molecule has 0 spiro atoms. The molecule has 0 radical (unpaired) electrons. The number of hydrogen-bond acceptors (Lipinski definition) is 6. The van der Waals surface area contributed by atoms with E-state index in [9.17, 15) is 0 Å². The molecular formula is C18H24N4O3. The molecule has 2 aliphatic rings. The van der Waals surface area contributed by atoms with Crippen LogP contribution in [-0.2, 0) is 6.54 Å². The molecule has 0 amide bonds. The number of fused-ring (bicyclic) bond motifs is 1. The van der Waals surface area contributed by atoms with E-state index >= 15 is 0 Å². The Morgan fingerprint density at radius 2 is 2.20 bits per heavy atom. The predicted molar refractivity (Wildman–Crippen MR) is 91.9 cm³/mol. The number of piperidine rings is 1. The molecule has 1 atom stereocenters.